The average molecular weight is 485 g/mol. The first-order valence-electron chi connectivity index (χ1n) is 11.0. The topological polar surface area (TPSA) is 152 Å². The van der Waals surface area contributed by atoms with Crippen molar-refractivity contribution in [2.75, 3.05) is 19.0 Å². The van der Waals surface area contributed by atoms with Crippen LogP contribution in [0.1, 0.15) is 46.4 Å². The van der Waals surface area contributed by atoms with E-state index in [0.29, 0.717) is 23.4 Å². The maximum atomic E-state index is 12.9. The molecule has 34 heavy (non-hydrogen) atoms. The number of carbonyl (C=O) groups excluding carboxylic acids is 2. The van der Waals surface area contributed by atoms with Gasteiger partial charge in [-0.25, -0.2) is 4.98 Å². The maximum Gasteiger partial charge on any atom is 0.318 e. The van der Waals surface area contributed by atoms with E-state index in [1.807, 2.05) is 0 Å². The fraction of sp³-hybridized carbons (Fsp3) is 0.348. The Balaban J connectivity index is 1.54. The van der Waals surface area contributed by atoms with Gasteiger partial charge in [0.15, 0.2) is 0 Å². The van der Waals surface area contributed by atoms with Crippen LogP contribution in [0.15, 0.2) is 35.3 Å². The van der Waals surface area contributed by atoms with E-state index < -0.39 is 11.5 Å². The molecule has 1 aliphatic rings. The van der Waals surface area contributed by atoms with Crippen molar-refractivity contribution in [2.24, 2.45) is 11.7 Å². The first kappa shape index (κ1) is 23.7. The maximum absolute atomic E-state index is 12.9. The van der Waals surface area contributed by atoms with E-state index in [2.05, 4.69) is 25.6 Å². The van der Waals surface area contributed by atoms with Gasteiger partial charge in [-0.05, 0) is 43.0 Å². The molecule has 178 valence electrons. The summed E-state index contributed by atoms with van der Waals surface area (Å²) in [5.74, 6) is -0.627. The van der Waals surface area contributed by atoms with Crippen molar-refractivity contribution in [3.05, 3.63) is 57.0 Å². The number of rotatable bonds is 7. The number of pyridine rings is 1. The van der Waals surface area contributed by atoms with Crippen molar-refractivity contribution in [3.8, 4) is 6.01 Å². The van der Waals surface area contributed by atoms with Crippen LogP contribution in [0, 0.1) is 5.92 Å². The van der Waals surface area contributed by atoms with Crippen molar-refractivity contribution >= 4 is 40.1 Å². The molecular weight excluding hydrogens is 460 g/mol. The van der Waals surface area contributed by atoms with Crippen LogP contribution in [0.2, 0.25) is 5.02 Å². The molecule has 2 aromatic heterocycles. The number of benzene rings is 1. The molecule has 4 rings (SSSR count). The molecule has 11 heteroatoms. The number of hydrogen-bond acceptors (Lipinski definition) is 7. The van der Waals surface area contributed by atoms with Gasteiger partial charge in [0, 0.05) is 29.7 Å². The van der Waals surface area contributed by atoms with Gasteiger partial charge in [-0.3, -0.25) is 14.4 Å². The molecule has 1 aliphatic carbocycles. The lowest BCUT2D eigenvalue weighted by Gasteiger charge is -2.23. The molecule has 0 bridgehead atoms. The standard InChI is InChI=1S/C23H25ClN6O4/c1-34-23-26-11-14-8-15(22(33)29-19(14)30-23)21(32)27-17-9-13(6-7-16(17)24)20(31)28-18(10-25)12-4-2-3-5-12/h6-9,11-12,18H,2-5,10,25H2,1H3,(H,27,32)(H,28,31)(H,26,29,30,33). The summed E-state index contributed by atoms with van der Waals surface area (Å²) in [5, 5.41) is 6.28. The number of aromatic amines is 1. The number of H-pyrrole nitrogens is 1. The lowest BCUT2D eigenvalue weighted by Crippen LogP contribution is -2.44. The van der Waals surface area contributed by atoms with Crippen molar-refractivity contribution in [1.29, 1.82) is 0 Å². The zero-order valence-corrected chi connectivity index (χ0v) is 19.3. The zero-order chi connectivity index (χ0) is 24.2. The number of fused-ring (bicyclic) bond motifs is 1. The lowest BCUT2D eigenvalue weighted by molar-refractivity contribution is 0.0923. The Hall–Kier alpha value is -3.50. The number of halogens is 1. The van der Waals surface area contributed by atoms with Gasteiger partial charge in [0.25, 0.3) is 17.4 Å². The quantitative estimate of drug-likeness (QED) is 0.402. The molecule has 0 radical (unpaired) electrons. The Morgan fingerprint density at radius 1 is 1.26 bits per heavy atom. The number of hydrogen-bond donors (Lipinski definition) is 4. The number of aromatic nitrogens is 3. The normalized spacial score (nSPS) is 14.7. The number of methoxy groups -OCH3 is 1. The molecular formula is C23H25ClN6O4. The smallest absolute Gasteiger partial charge is 0.318 e. The van der Waals surface area contributed by atoms with E-state index in [1.165, 1.54) is 31.5 Å². The predicted octanol–water partition coefficient (Wildman–Crippen LogP) is 2.48. The van der Waals surface area contributed by atoms with Crippen LogP contribution in [-0.2, 0) is 0 Å². The number of nitrogens with one attached hydrogen (secondary N) is 3. The van der Waals surface area contributed by atoms with E-state index in [0.717, 1.165) is 25.7 Å². The monoisotopic (exact) mass is 484 g/mol. The van der Waals surface area contributed by atoms with Gasteiger partial charge < -0.3 is 26.1 Å². The minimum atomic E-state index is -0.691. The SMILES string of the molecule is COc1ncc2cc(C(=O)Nc3cc(C(=O)NC(CN)C4CCCC4)ccc3Cl)c(=O)[nH]c2n1. The summed E-state index contributed by atoms with van der Waals surface area (Å²) in [4.78, 5) is 48.8. The molecule has 1 unspecified atom stereocenters. The highest BCUT2D eigenvalue weighted by atomic mass is 35.5. The Morgan fingerprint density at radius 2 is 2.03 bits per heavy atom. The Kier molecular flexibility index (Phi) is 7.09. The predicted molar refractivity (Wildman–Crippen MR) is 128 cm³/mol. The number of anilines is 1. The summed E-state index contributed by atoms with van der Waals surface area (Å²) in [6.45, 7) is 0.355. The summed E-state index contributed by atoms with van der Waals surface area (Å²) in [7, 11) is 1.41. The third-order valence-electron chi connectivity index (χ3n) is 6.01. The lowest BCUT2D eigenvalue weighted by atomic mass is 9.98. The third kappa shape index (κ3) is 5.02. The second-order valence-corrected chi connectivity index (χ2v) is 8.59. The van der Waals surface area contributed by atoms with Crippen LogP contribution in [0.4, 0.5) is 5.69 Å². The molecule has 0 saturated heterocycles. The van der Waals surface area contributed by atoms with Crippen LogP contribution >= 0.6 is 11.6 Å². The van der Waals surface area contributed by atoms with Crippen LogP contribution in [0.5, 0.6) is 6.01 Å². The molecule has 1 aromatic carbocycles. The van der Waals surface area contributed by atoms with E-state index in [4.69, 9.17) is 22.1 Å². The van der Waals surface area contributed by atoms with Crippen molar-refractivity contribution in [1.82, 2.24) is 20.3 Å². The number of ether oxygens (including phenoxy) is 1. The molecule has 1 fully saturated rings. The summed E-state index contributed by atoms with van der Waals surface area (Å²) >= 11 is 6.25. The van der Waals surface area contributed by atoms with E-state index in [9.17, 15) is 14.4 Å². The summed E-state index contributed by atoms with van der Waals surface area (Å²) < 4.78 is 4.94. The number of carbonyl (C=O) groups is 2. The van der Waals surface area contributed by atoms with Crippen LogP contribution in [-0.4, -0.2) is 46.5 Å². The second kappa shape index (κ2) is 10.2. The minimum absolute atomic E-state index is 0.0898. The van der Waals surface area contributed by atoms with Gasteiger partial charge in [0.2, 0.25) is 0 Å². The van der Waals surface area contributed by atoms with E-state index >= 15 is 0 Å². The number of amides is 2. The number of nitrogens with two attached hydrogens (primary N) is 1. The summed E-state index contributed by atoms with van der Waals surface area (Å²) in [6, 6.07) is 5.92. The van der Waals surface area contributed by atoms with E-state index in [1.54, 1.807) is 6.07 Å². The van der Waals surface area contributed by atoms with Crippen LogP contribution < -0.4 is 26.7 Å². The second-order valence-electron chi connectivity index (χ2n) is 8.18. The average Bonchev–Trinajstić information content (AvgIpc) is 3.37. The van der Waals surface area contributed by atoms with Gasteiger partial charge in [-0.2, -0.15) is 4.98 Å². The zero-order valence-electron chi connectivity index (χ0n) is 18.6. The van der Waals surface area contributed by atoms with Gasteiger partial charge in [-0.15, -0.1) is 0 Å². The Labute approximate surface area is 200 Å². The molecule has 0 spiro atoms. The summed E-state index contributed by atoms with van der Waals surface area (Å²) in [6.07, 6.45) is 5.80. The Morgan fingerprint density at radius 3 is 2.74 bits per heavy atom. The molecule has 1 atom stereocenters. The highest BCUT2D eigenvalue weighted by Gasteiger charge is 2.26. The van der Waals surface area contributed by atoms with Crippen LogP contribution in [0.25, 0.3) is 11.0 Å². The molecule has 0 aliphatic heterocycles. The molecule has 2 amide bonds. The Bertz CT molecular complexity index is 1290. The fourth-order valence-electron chi connectivity index (χ4n) is 4.18. The van der Waals surface area contributed by atoms with Crippen molar-refractivity contribution < 1.29 is 14.3 Å². The van der Waals surface area contributed by atoms with Gasteiger partial charge in [0.05, 0.1) is 17.8 Å². The third-order valence-corrected chi connectivity index (χ3v) is 6.34. The fourth-order valence-corrected chi connectivity index (χ4v) is 4.34. The molecule has 3 aromatic rings. The highest BCUT2D eigenvalue weighted by molar-refractivity contribution is 6.34. The molecule has 10 nitrogen and oxygen atoms in total. The van der Waals surface area contributed by atoms with Crippen molar-refractivity contribution in [3.63, 3.8) is 0 Å². The molecule has 1 saturated carbocycles. The highest BCUT2D eigenvalue weighted by Crippen LogP contribution is 2.28. The van der Waals surface area contributed by atoms with E-state index in [-0.39, 0.29) is 39.9 Å². The van der Waals surface area contributed by atoms with Crippen LogP contribution in [0.3, 0.4) is 0 Å². The van der Waals surface area contributed by atoms with Gasteiger partial charge in [0.1, 0.15) is 11.2 Å². The first-order valence-corrected chi connectivity index (χ1v) is 11.3. The minimum Gasteiger partial charge on any atom is -0.467 e. The number of nitrogens with zero attached hydrogens (tertiary/aromatic N) is 2. The summed E-state index contributed by atoms with van der Waals surface area (Å²) in [5.41, 5.74) is 5.86. The molecule has 5 N–H and O–H groups in total. The van der Waals surface area contributed by atoms with Crippen molar-refractivity contribution in [2.45, 2.75) is 31.7 Å². The molecule has 2 heterocycles. The largest absolute Gasteiger partial charge is 0.467 e. The van der Waals surface area contributed by atoms with Gasteiger partial charge >= 0.3 is 6.01 Å². The van der Waals surface area contributed by atoms with Gasteiger partial charge in [-0.1, -0.05) is 24.4 Å². The first-order chi connectivity index (χ1) is 16.4.